The van der Waals surface area contributed by atoms with Gasteiger partial charge in [0.15, 0.2) is 0 Å². The average molecular weight is 409 g/mol. The van der Waals surface area contributed by atoms with Gasteiger partial charge in [-0.05, 0) is 55.9 Å². The molecule has 0 aliphatic carbocycles. The molecule has 1 atom stereocenters. The van der Waals surface area contributed by atoms with Crippen LogP contribution >= 0.6 is 0 Å². The number of amides is 2. The van der Waals surface area contributed by atoms with Crippen molar-refractivity contribution in [1.29, 1.82) is 0 Å². The highest BCUT2D eigenvalue weighted by Gasteiger charge is 2.29. The Kier molecular flexibility index (Phi) is 9.10. The lowest BCUT2D eigenvalue weighted by Crippen LogP contribution is -2.49. The minimum absolute atomic E-state index is 0.00977. The van der Waals surface area contributed by atoms with Crippen LogP contribution in [0.2, 0.25) is 0 Å². The van der Waals surface area contributed by atoms with E-state index in [1.807, 2.05) is 52.0 Å². The summed E-state index contributed by atoms with van der Waals surface area (Å²) < 4.78 is 0. The van der Waals surface area contributed by atoms with E-state index in [1.165, 1.54) is 0 Å². The second-order valence-electron chi connectivity index (χ2n) is 8.12. The summed E-state index contributed by atoms with van der Waals surface area (Å²) in [5, 5.41) is 3.02. The summed E-state index contributed by atoms with van der Waals surface area (Å²) in [5.74, 6) is -0.0710. The molecule has 0 radical (unpaired) electrons. The Hall–Kier alpha value is -2.62. The van der Waals surface area contributed by atoms with Gasteiger partial charge >= 0.3 is 0 Å². The van der Waals surface area contributed by atoms with Crippen molar-refractivity contribution in [3.8, 4) is 0 Å². The van der Waals surface area contributed by atoms with Crippen LogP contribution in [0.5, 0.6) is 0 Å². The van der Waals surface area contributed by atoms with Gasteiger partial charge in [0, 0.05) is 13.1 Å². The molecule has 0 spiro atoms. The van der Waals surface area contributed by atoms with E-state index in [-0.39, 0.29) is 11.8 Å². The number of benzene rings is 2. The normalized spacial score (nSPS) is 11.8. The summed E-state index contributed by atoms with van der Waals surface area (Å²) >= 11 is 0. The molecule has 2 amide bonds. The highest BCUT2D eigenvalue weighted by molar-refractivity contribution is 5.88. The molecule has 30 heavy (non-hydrogen) atoms. The van der Waals surface area contributed by atoms with E-state index in [9.17, 15) is 9.59 Å². The van der Waals surface area contributed by atoms with Crippen molar-refractivity contribution in [1.82, 2.24) is 10.2 Å². The highest BCUT2D eigenvalue weighted by Crippen LogP contribution is 2.19. The Morgan fingerprint density at radius 3 is 2.33 bits per heavy atom. The molecule has 2 aromatic rings. The van der Waals surface area contributed by atoms with Crippen LogP contribution in [0.4, 0.5) is 0 Å². The number of hydrogen-bond donors (Lipinski definition) is 1. The largest absolute Gasteiger partial charge is 0.354 e. The van der Waals surface area contributed by atoms with Gasteiger partial charge in [-0.2, -0.15) is 0 Å². The van der Waals surface area contributed by atoms with Crippen molar-refractivity contribution in [2.75, 3.05) is 6.54 Å². The molecule has 2 aromatic carbocycles. The minimum Gasteiger partial charge on any atom is -0.354 e. The summed E-state index contributed by atoms with van der Waals surface area (Å²) in [7, 11) is 0. The van der Waals surface area contributed by atoms with Gasteiger partial charge in [-0.1, -0.05) is 68.3 Å². The molecule has 4 nitrogen and oxygen atoms in total. The fraction of sp³-hybridized carbons (Fsp3) is 0.462. The summed E-state index contributed by atoms with van der Waals surface area (Å²) in [6.07, 6.45) is 2.85. The molecule has 0 fully saturated rings. The van der Waals surface area contributed by atoms with Crippen molar-refractivity contribution in [3.05, 3.63) is 70.3 Å². The van der Waals surface area contributed by atoms with Gasteiger partial charge in [-0.15, -0.1) is 0 Å². The molecule has 4 heteroatoms. The second-order valence-corrected chi connectivity index (χ2v) is 8.12. The quantitative estimate of drug-likeness (QED) is 0.570. The predicted molar refractivity (Wildman–Crippen MR) is 123 cm³/mol. The Morgan fingerprint density at radius 2 is 1.67 bits per heavy atom. The van der Waals surface area contributed by atoms with Gasteiger partial charge in [-0.3, -0.25) is 9.59 Å². The van der Waals surface area contributed by atoms with Crippen LogP contribution < -0.4 is 5.32 Å². The maximum Gasteiger partial charge on any atom is 0.242 e. The molecule has 2 rings (SSSR count). The molecule has 0 saturated heterocycles. The number of carbonyl (C=O) groups excluding carboxylic acids is 2. The van der Waals surface area contributed by atoms with Gasteiger partial charge in [0.05, 0.1) is 6.42 Å². The SMILES string of the molecule is CCCCNC(=O)C(CC)N(Cc1ccccc1C)C(=O)Cc1cc(C)ccc1C. The maximum absolute atomic E-state index is 13.5. The first-order chi connectivity index (χ1) is 14.4. The van der Waals surface area contributed by atoms with E-state index < -0.39 is 6.04 Å². The van der Waals surface area contributed by atoms with E-state index in [0.717, 1.165) is 40.7 Å². The Morgan fingerprint density at radius 1 is 0.967 bits per heavy atom. The van der Waals surface area contributed by atoms with Crippen LogP contribution in [0.1, 0.15) is 60.9 Å². The van der Waals surface area contributed by atoms with Gasteiger partial charge in [-0.25, -0.2) is 0 Å². The van der Waals surface area contributed by atoms with Gasteiger partial charge in [0.2, 0.25) is 11.8 Å². The molecule has 162 valence electrons. The third-order valence-electron chi connectivity index (χ3n) is 5.66. The van der Waals surface area contributed by atoms with Crippen LogP contribution in [-0.2, 0) is 22.6 Å². The smallest absolute Gasteiger partial charge is 0.242 e. The zero-order valence-electron chi connectivity index (χ0n) is 19.1. The van der Waals surface area contributed by atoms with Gasteiger partial charge in [0.25, 0.3) is 0 Å². The van der Waals surface area contributed by atoms with Crippen molar-refractivity contribution in [2.45, 2.75) is 72.9 Å². The average Bonchev–Trinajstić information content (AvgIpc) is 2.72. The number of aryl methyl sites for hydroxylation is 3. The molecule has 1 N–H and O–H groups in total. The van der Waals surface area contributed by atoms with Crippen molar-refractivity contribution < 1.29 is 9.59 Å². The molecule has 0 bridgehead atoms. The Balaban J connectivity index is 2.31. The third-order valence-corrected chi connectivity index (χ3v) is 5.66. The minimum atomic E-state index is -0.473. The van der Waals surface area contributed by atoms with E-state index in [0.29, 0.717) is 25.9 Å². The molecule has 0 heterocycles. The lowest BCUT2D eigenvalue weighted by atomic mass is 10.0. The molecule has 1 unspecified atom stereocenters. The van der Waals surface area contributed by atoms with Crippen molar-refractivity contribution in [3.63, 3.8) is 0 Å². The predicted octanol–water partition coefficient (Wildman–Crippen LogP) is 4.88. The van der Waals surface area contributed by atoms with Crippen LogP contribution in [0, 0.1) is 20.8 Å². The number of rotatable bonds is 10. The summed E-state index contributed by atoms with van der Waals surface area (Å²) in [4.78, 5) is 28.2. The topological polar surface area (TPSA) is 49.4 Å². The summed E-state index contributed by atoms with van der Waals surface area (Å²) in [6.45, 7) is 11.3. The number of hydrogen-bond acceptors (Lipinski definition) is 2. The van der Waals surface area contributed by atoms with E-state index >= 15 is 0 Å². The van der Waals surface area contributed by atoms with Crippen LogP contribution in [0.3, 0.4) is 0 Å². The number of nitrogens with zero attached hydrogens (tertiary/aromatic N) is 1. The summed E-state index contributed by atoms with van der Waals surface area (Å²) in [6, 6.07) is 13.8. The van der Waals surface area contributed by atoms with Crippen LogP contribution in [0.15, 0.2) is 42.5 Å². The fourth-order valence-corrected chi connectivity index (χ4v) is 3.65. The lowest BCUT2D eigenvalue weighted by Gasteiger charge is -2.31. The first-order valence-electron chi connectivity index (χ1n) is 11.0. The lowest BCUT2D eigenvalue weighted by molar-refractivity contribution is -0.141. The first kappa shape index (κ1) is 23.7. The van der Waals surface area contributed by atoms with E-state index in [1.54, 1.807) is 4.90 Å². The number of nitrogens with one attached hydrogen (secondary N) is 1. The molecular weight excluding hydrogens is 372 g/mol. The zero-order chi connectivity index (χ0) is 22.1. The highest BCUT2D eigenvalue weighted by atomic mass is 16.2. The molecule has 0 saturated carbocycles. The fourth-order valence-electron chi connectivity index (χ4n) is 3.65. The second kappa shape index (κ2) is 11.5. The molecule has 0 aromatic heterocycles. The van der Waals surface area contributed by atoms with Crippen LogP contribution in [-0.4, -0.2) is 29.3 Å². The molecular formula is C26H36N2O2. The monoisotopic (exact) mass is 408 g/mol. The van der Waals surface area contributed by atoms with Crippen molar-refractivity contribution >= 4 is 11.8 Å². The van der Waals surface area contributed by atoms with Crippen LogP contribution in [0.25, 0.3) is 0 Å². The Bertz CT molecular complexity index is 860. The third kappa shape index (κ3) is 6.45. The Labute approximate surface area is 181 Å². The van der Waals surface area contributed by atoms with E-state index in [4.69, 9.17) is 0 Å². The van der Waals surface area contributed by atoms with Gasteiger partial charge in [0.1, 0.15) is 6.04 Å². The molecule has 0 aliphatic heterocycles. The first-order valence-corrected chi connectivity index (χ1v) is 11.0. The van der Waals surface area contributed by atoms with Gasteiger partial charge < -0.3 is 10.2 Å². The standard InChI is InChI=1S/C26H36N2O2/c1-6-8-15-27-26(30)24(7-2)28(18-22-12-10-9-11-20(22)4)25(29)17-23-16-19(3)13-14-21(23)5/h9-14,16,24H,6-8,15,17-18H2,1-5H3,(H,27,30). The maximum atomic E-state index is 13.5. The number of unbranched alkanes of at least 4 members (excludes halogenated alkanes) is 1. The molecule has 0 aliphatic rings. The summed E-state index contributed by atoms with van der Waals surface area (Å²) in [5.41, 5.74) is 5.47. The van der Waals surface area contributed by atoms with Crippen molar-refractivity contribution in [2.24, 2.45) is 0 Å². The van der Waals surface area contributed by atoms with E-state index in [2.05, 4.69) is 30.4 Å². The zero-order valence-corrected chi connectivity index (χ0v) is 19.1. The number of carbonyl (C=O) groups is 2.